The molecule has 0 aliphatic heterocycles. The van der Waals surface area contributed by atoms with Crippen LogP contribution in [0.2, 0.25) is 5.02 Å². The van der Waals surface area contributed by atoms with Crippen molar-refractivity contribution >= 4 is 39.1 Å². The molecule has 112 valence electrons. The van der Waals surface area contributed by atoms with Crippen molar-refractivity contribution in [2.75, 3.05) is 14.2 Å². The van der Waals surface area contributed by atoms with Crippen LogP contribution in [0.15, 0.2) is 40.9 Å². The van der Waals surface area contributed by atoms with Crippen molar-refractivity contribution < 1.29 is 9.47 Å². The second-order valence-corrected chi connectivity index (χ2v) is 6.26. The van der Waals surface area contributed by atoms with Gasteiger partial charge in [0, 0.05) is 10.6 Å². The van der Waals surface area contributed by atoms with Crippen LogP contribution >= 0.6 is 39.1 Å². The van der Waals surface area contributed by atoms with Crippen LogP contribution < -0.4 is 9.47 Å². The topological polar surface area (TPSA) is 18.5 Å². The Bertz CT molecular complexity index is 614. The van der Waals surface area contributed by atoms with Crippen LogP contribution in [-0.4, -0.2) is 14.2 Å². The van der Waals surface area contributed by atoms with Gasteiger partial charge in [0.25, 0.3) is 0 Å². The SMILES string of the molecule is COc1ccc(C(Cl)Cc2ccc(Cl)cc2)c(OC)c1Br. The van der Waals surface area contributed by atoms with E-state index >= 15 is 0 Å². The lowest BCUT2D eigenvalue weighted by atomic mass is 10.0. The van der Waals surface area contributed by atoms with Crippen molar-refractivity contribution in [2.24, 2.45) is 0 Å². The molecular weight excluding hydrogens is 375 g/mol. The highest BCUT2D eigenvalue weighted by atomic mass is 79.9. The van der Waals surface area contributed by atoms with Gasteiger partial charge < -0.3 is 9.47 Å². The van der Waals surface area contributed by atoms with Crippen LogP contribution in [0.1, 0.15) is 16.5 Å². The molecule has 2 aromatic rings. The first kappa shape index (κ1) is 16.5. The number of halogens is 3. The molecule has 0 saturated heterocycles. The minimum absolute atomic E-state index is 0.205. The highest BCUT2D eigenvalue weighted by Crippen LogP contribution is 2.42. The van der Waals surface area contributed by atoms with Crippen molar-refractivity contribution in [3.63, 3.8) is 0 Å². The molecule has 1 atom stereocenters. The molecule has 5 heteroatoms. The zero-order valence-electron chi connectivity index (χ0n) is 11.7. The van der Waals surface area contributed by atoms with Gasteiger partial charge in [-0.25, -0.2) is 0 Å². The smallest absolute Gasteiger partial charge is 0.141 e. The number of ether oxygens (including phenoxy) is 2. The number of hydrogen-bond donors (Lipinski definition) is 0. The maximum Gasteiger partial charge on any atom is 0.141 e. The quantitative estimate of drug-likeness (QED) is 0.615. The molecule has 2 nitrogen and oxygen atoms in total. The third-order valence-electron chi connectivity index (χ3n) is 3.18. The summed E-state index contributed by atoms with van der Waals surface area (Å²) in [6.45, 7) is 0. The van der Waals surface area contributed by atoms with E-state index in [1.165, 1.54) is 0 Å². The molecule has 2 rings (SSSR count). The van der Waals surface area contributed by atoms with Crippen molar-refractivity contribution in [1.82, 2.24) is 0 Å². The first-order chi connectivity index (χ1) is 10.1. The van der Waals surface area contributed by atoms with Crippen LogP contribution in [0.4, 0.5) is 0 Å². The van der Waals surface area contributed by atoms with Gasteiger partial charge in [-0.05, 0) is 46.1 Å². The lowest BCUT2D eigenvalue weighted by molar-refractivity contribution is 0.386. The standard InChI is InChI=1S/C16H15BrCl2O2/c1-20-14-8-7-12(16(21-2)15(14)17)13(19)9-10-3-5-11(18)6-4-10/h3-8,13H,9H2,1-2H3. The van der Waals surface area contributed by atoms with E-state index in [1.54, 1.807) is 14.2 Å². The fourth-order valence-corrected chi connectivity index (χ4v) is 3.26. The predicted octanol–water partition coefficient (Wildman–Crippen LogP) is 5.64. The van der Waals surface area contributed by atoms with Crippen molar-refractivity contribution in [2.45, 2.75) is 11.8 Å². The van der Waals surface area contributed by atoms with Gasteiger partial charge in [-0.3, -0.25) is 0 Å². The number of rotatable bonds is 5. The molecule has 0 radical (unpaired) electrons. The normalized spacial score (nSPS) is 12.0. The van der Waals surface area contributed by atoms with E-state index in [-0.39, 0.29) is 5.38 Å². The van der Waals surface area contributed by atoms with E-state index in [2.05, 4.69) is 15.9 Å². The minimum Gasteiger partial charge on any atom is -0.495 e. The highest BCUT2D eigenvalue weighted by Gasteiger charge is 2.19. The Morgan fingerprint density at radius 1 is 1.05 bits per heavy atom. The average Bonchev–Trinajstić information content (AvgIpc) is 2.49. The summed E-state index contributed by atoms with van der Waals surface area (Å²) in [4.78, 5) is 0. The summed E-state index contributed by atoms with van der Waals surface area (Å²) in [5, 5.41) is 0.512. The van der Waals surface area contributed by atoms with Gasteiger partial charge in [-0.2, -0.15) is 0 Å². The number of methoxy groups -OCH3 is 2. The van der Waals surface area contributed by atoms with Crippen LogP contribution in [0.25, 0.3) is 0 Å². The zero-order chi connectivity index (χ0) is 15.4. The fraction of sp³-hybridized carbons (Fsp3) is 0.250. The molecule has 0 spiro atoms. The Labute approximate surface area is 143 Å². The van der Waals surface area contributed by atoms with Gasteiger partial charge >= 0.3 is 0 Å². The summed E-state index contributed by atoms with van der Waals surface area (Å²) in [6.07, 6.45) is 0.688. The van der Waals surface area contributed by atoms with E-state index in [1.807, 2.05) is 36.4 Å². The van der Waals surface area contributed by atoms with Gasteiger partial charge in [-0.15, -0.1) is 11.6 Å². The third kappa shape index (κ3) is 3.85. The summed E-state index contributed by atoms with van der Waals surface area (Å²) < 4.78 is 11.5. The Kier molecular flexibility index (Phi) is 5.80. The first-order valence-corrected chi connectivity index (χ1v) is 7.96. The summed E-state index contributed by atoms with van der Waals surface area (Å²) in [6, 6.07) is 11.5. The number of benzene rings is 2. The molecule has 2 aromatic carbocycles. The fourth-order valence-electron chi connectivity index (χ4n) is 2.10. The molecule has 1 unspecified atom stereocenters. The maximum absolute atomic E-state index is 6.56. The molecule has 0 aromatic heterocycles. The van der Waals surface area contributed by atoms with E-state index < -0.39 is 0 Å². The first-order valence-electron chi connectivity index (χ1n) is 6.35. The summed E-state index contributed by atoms with van der Waals surface area (Å²) in [5.41, 5.74) is 2.04. The van der Waals surface area contributed by atoms with Crippen LogP contribution in [0, 0.1) is 0 Å². The van der Waals surface area contributed by atoms with E-state index in [9.17, 15) is 0 Å². The van der Waals surface area contributed by atoms with Crippen molar-refractivity contribution in [1.29, 1.82) is 0 Å². The van der Waals surface area contributed by atoms with Crippen molar-refractivity contribution in [3.8, 4) is 11.5 Å². The van der Waals surface area contributed by atoms with Crippen LogP contribution in [-0.2, 0) is 6.42 Å². The monoisotopic (exact) mass is 388 g/mol. The molecular formula is C16H15BrCl2O2. The van der Waals surface area contributed by atoms with Gasteiger partial charge in [0.05, 0.1) is 19.6 Å². The molecule has 0 fully saturated rings. The van der Waals surface area contributed by atoms with Crippen molar-refractivity contribution in [3.05, 3.63) is 57.0 Å². The van der Waals surface area contributed by atoms with Crippen LogP contribution in [0.5, 0.6) is 11.5 Å². The Balaban J connectivity index is 2.28. The molecule has 0 N–H and O–H groups in total. The Hall–Kier alpha value is -0.900. The van der Waals surface area contributed by atoms with E-state index in [0.717, 1.165) is 20.6 Å². The third-order valence-corrected chi connectivity index (χ3v) is 4.57. The highest BCUT2D eigenvalue weighted by molar-refractivity contribution is 9.10. The number of alkyl halides is 1. The van der Waals surface area contributed by atoms with Gasteiger partial charge in [0.2, 0.25) is 0 Å². The Morgan fingerprint density at radius 3 is 2.29 bits per heavy atom. The lowest BCUT2D eigenvalue weighted by Crippen LogP contribution is -2.01. The Morgan fingerprint density at radius 2 is 1.71 bits per heavy atom. The molecule has 21 heavy (non-hydrogen) atoms. The number of hydrogen-bond acceptors (Lipinski definition) is 2. The van der Waals surface area contributed by atoms with Gasteiger partial charge in [0.15, 0.2) is 0 Å². The van der Waals surface area contributed by atoms with E-state index in [0.29, 0.717) is 17.9 Å². The molecule has 0 bridgehead atoms. The molecule has 0 aliphatic carbocycles. The van der Waals surface area contributed by atoms with E-state index in [4.69, 9.17) is 32.7 Å². The molecule has 0 aliphatic rings. The second kappa shape index (κ2) is 7.39. The maximum atomic E-state index is 6.56. The second-order valence-electron chi connectivity index (χ2n) is 4.50. The van der Waals surface area contributed by atoms with Gasteiger partial charge in [-0.1, -0.05) is 29.8 Å². The summed E-state index contributed by atoms with van der Waals surface area (Å²) in [5.74, 6) is 1.41. The zero-order valence-corrected chi connectivity index (χ0v) is 14.8. The lowest BCUT2D eigenvalue weighted by Gasteiger charge is -2.17. The minimum atomic E-state index is -0.205. The van der Waals surface area contributed by atoms with Gasteiger partial charge in [0.1, 0.15) is 16.0 Å². The molecule has 0 saturated carbocycles. The molecule has 0 amide bonds. The predicted molar refractivity (Wildman–Crippen MR) is 91.0 cm³/mol. The average molecular weight is 390 g/mol. The largest absolute Gasteiger partial charge is 0.495 e. The summed E-state index contributed by atoms with van der Waals surface area (Å²) >= 11 is 15.9. The summed E-state index contributed by atoms with van der Waals surface area (Å²) in [7, 11) is 3.24. The molecule has 0 heterocycles. The van der Waals surface area contributed by atoms with Crippen LogP contribution in [0.3, 0.4) is 0 Å².